The minimum Gasteiger partial charge on any atom is -0.356 e. The average molecular weight is 309 g/mol. The summed E-state index contributed by atoms with van der Waals surface area (Å²) in [6.07, 6.45) is 4.78. The smallest absolute Gasteiger partial charge is 0.244 e. The molecule has 0 bridgehead atoms. The van der Waals surface area contributed by atoms with E-state index in [-0.39, 0.29) is 5.91 Å². The summed E-state index contributed by atoms with van der Waals surface area (Å²) in [6.45, 7) is 0. The molecule has 0 heterocycles. The van der Waals surface area contributed by atoms with Gasteiger partial charge in [-0.2, -0.15) is 0 Å². The largest absolute Gasteiger partial charge is 0.356 e. The van der Waals surface area contributed by atoms with Crippen molar-refractivity contribution in [2.75, 3.05) is 10.6 Å². The van der Waals surface area contributed by atoms with E-state index >= 15 is 0 Å². The predicted molar refractivity (Wildman–Crippen MR) is 94.8 cm³/mol. The van der Waals surface area contributed by atoms with Crippen LogP contribution in [0.3, 0.4) is 0 Å². The molecule has 4 nitrogen and oxygen atoms in total. The van der Waals surface area contributed by atoms with Crippen molar-refractivity contribution in [2.24, 2.45) is 5.73 Å². The van der Waals surface area contributed by atoms with E-state index in [1.807, 2.05) is 54.6 Å². The first-order valence-electron chi connectivity index (χ1n) is 8.18. The molecule has 120 valence electrons. The van der Waals surface area contributed by atoms with E-state index in [1.54, 1.807) is 0 Å². The molecule has 0 aliphatic heterocycles. The molecule has 1 aliphatic rings. The number of hydrogen-bond donors (Lipinski definition) is 3. The molecule has 1 fully saturated rings. The standard InChI is InChI=1S/C19H23N3O/c20-19(13-5-2-6-14-19)18(23)22-17-11-9-16(10-12-17)21-15-7-3-1-4-8-15/h1,3-4,7-12,21H,2,5-6,13-14,20H2,(H,22,23). The number of nitrogens with one attached hydrogen (secondary N) is 2. The first-order chi connectivity index (χ1) is 11.2. The molecule has 4 N–H and O–H groups in total. The van der Waals surface area contributed by atoms with Crippen molar-refractivity contribution in [2.45, 2.75) is 37.6 Å². The van der Waals surface area contributed by atoms with Crippen molar-refractivity contribution in [3.8, 4) is 0 Å². The maximum Gasteiger partial charge on any atom is 0.244 e. The van der Waals surface area contributed by atoms with E-state index in [9.17, 15) is 4.79 Å². The lowest BCUT2D eigenvalue weighted by Gasteiger charge is -2.31. The Morgan fingerprint density at radius 1 is 0.826 bits per heavy atom. The van der Waals surface area contributed by atoms with Crippen molar-refractivity contribution in [3.05, 3.63) is 54.6 Å². The molecule has 1 amide bonds. The van der Waals surface area contributed by atoms with E-state index in [0.29, 0.717) is 0 Å². The Morgan fingerprint density at radius 2 is 1.39 bits per heavy atom. The second kappa shape index (κ2) is 6.84. The predicted octanol–water partition coefficient (Wildman–Crippen LogP) is 4.03. The number of para-hydroxylation sites is 1. The van der Waals surface area contributed by atoms with Crippen LogP contribution in [0.2, 0.25) is 0 Å². The van der Waals surface area contributed by atoms with Crippen molar-refractivity contribution in [1.82, 2.24) is 0 Å². The molecule has 0 atom stereocenters. The van der Waals surface area contributed by atoms with Crippen LogP contribution in [-0.4, -0.2) is 11.4 Å². The molecule has 3 rings (SSSR count). The van der Waals surface area contributed by atoms with Gasteiger partial charge in [-0.25, -0.2) is 0 Å². The second-order valence-corrected chi connectivity index (χ2v) is 6.24. The van der Waals surface area contributed by atoms with Crippen LogP contribution in [0.5, 0.6) is 0 Å². The van der Waals surface area contributed by atoms with E-state index in [0.717, 1.165) is 42.7 Å². The number of carbonyl (C=O) groups is 1. The molecule has 0 unspecified atom stereocenters. The maximum absolute atomic E-state index is 12.4. The number of benzene rings is 2. The van der Waals surface area contributed by atoms with Crippen LogP contribution in [0.4, 0.5) is 17.1 Å². The van der Waals surface area contributed by atoms with Crippen molar-refractivity contribution in [3.63, 3.8) is 0 Å². The third-order valence-electron chi connectivity index (χ3n) is 4.40. The van der Waals surface area contributed by atoms with Crippen LogP contribution in [0, 0.1) is 0 Å². The van der Waals surface area contributed by atoms with Crippen LogP contribution in [0.25, 0.3) is 0 Å². The summed E-state index contributed by atoms with van der Waals surface area (Å²) in [4.78, 5) is 12.4. The normalized spacial score (nSPS) is 16.6. The number of amides is 1. The van der Waals surface area contributed by atoms with Gasteiger partial charge in [0.15, 0.2) is 0 Å². The van der Waals surface area contributed by atoms with Gasteiger partial charge in [0.2, 0.25) is 5.91 Å². The summed E-state index contributed by atoms with van der Waals surface area (Å²) >= 11 is 0. The highest BCUT2D eigenvalue weighted by Gasteiger charge is 2.35. The van der Waals surface area contributed by atoms with Gasteiger partial charge in [0.25, 0.3) is 0 Å². The van der Waals surface area contributed by atoms with Gasteiger partial charge in [0.05, 0.1) is 5.54 Å². The molecular weight excluding hydrogens is 286 g/mol. The molecule has 0 radical (unpaired) electrons. The quantitative estimate of drug-likeness (QED) is 0.798. The Morgan fingerprint density at radius 3 is 2.04 bits per heavy atom. The Labute approximate surface area is 137 Å². The van der Waals surface area contributed by atoms with Crippen LogP contribution in [0.1, 0.15) is 32.1 Å². The van der Waals surface area contributed by atoms with Crippen LogP contribution >= 0.6 is 0 Å². The fourth-order valence-corrected chi connectivity index (χ4v) is 2.99. The third-order valence-corrected chi connectivity index (χ3v) is 4.40. The Hall–Kier alpha value is -2.33. The summed E-state index contributed by atoms with van der Waals surface area (Å²) in [7, 11) is 0. The van der Waals surface area contributed by atoms with Crippen LogP contribution < -0.4 is 16.4 Å². The van der Waals surface area contributed by atoms with Crippen molar-refractivity contribution < 1.29 is 4.79 Å². The van der Waals surface area contributed by atoms with Gasteiger partial charge in [-0.1, -0.05) is 37.5 Å². The molecule has 4 heteroatoms. The van der Waals surface area contributed by atoms with Crippen molar-refractivity contribution >= 4 is 23.0 Å². The lowest BCUT2D eigenvalue weighted by molar-refractivity contribution is -0.122. The summed E-state index contributed by atoms with van der Waals surface area (Å²) in [6, 6.07) is 17.7. The highest BCUT2D eigenvalue weighted by molar-refractivity contribution is 5.98. The Kier molecular flexibility index (Phi) is 4.63. The average Bonchev–Trinajstić information content (AvgIpc) is 2.58. The first kappa shape index (κ1) is 15.6. The first-order valence-corrected chi connectivity index (χ1v) is 8.18. The van der Waals surface area contributed by atoms with E-state index in [2.05, 4.69) is 10.6 Å². The van der Waals surface area contributed by atoms with Gasteiger partial charge in [0, 0.05) is 17.1 Å². The molecule has 2 aromatic rings. The van der Waals surface area contributed by atoms with Crippen LogP contribution in [0.15, 0.2) is 54.6 Å². The fraction of sp³-hybridized carbons (Fsp3) is 0.316. The molecule has 0 saturated heterocycles. The SMILES string of the molecule is NC1(C(=O)Nc2ccc(Nc3ccccc3)cc2)CCCCC1. The molecule has 0 aromatic heterocycles. The Balaban J connectivity index is 1.62. The maximum atomic E-state index is 12.4. The molecular formula is C19H23N3O. The minimum absolute atomic E-state index is 0.0685. The monoisotopic (exact) mass is 309 g/mol. The molecule has 0 spiro atoms. The van der Waals surface area contributed by atoms with Gasteiger partial charge in [0.1, 0.15) is 0 Å². The molecule has 1 aliphatic carbocycles. The zero-order valence-corrected chi connectivity index (χ0v) is 13.2. The highest BCUT2D eigenvalue weighted by Crippen LogP contribution is 2.27. The number of carbonyl (C=O) groups excluding carboxylic acids is 1. The van der Waals surface area contributed by atoms with Gasteiger partial charge < -0.3 is 16.4 Å². The second-order valence-electron chi connectivity index (χ2n) is 6.24. The lowest BCUT2D eigenvalue weighted by atomic mass is 9.82. The fourth-order valence-electron chi connectivity index (χ4n) is 2.99. The zero-order valence-electron chi connectivity index (χ0n) is 13.2. The summed E-state index contributed by atoms with van der Waals surface area (Å²) in [5, 5.41) is 6.27. The van der Waals surface area contributed by atoms with Gasteiger partial charge >= 0.3 is 0 Å². The third kappa shape index (κ3) is 3.90. The summed E-state index contributed by atoms with van der Waals surface area (Å²) in [5.41, 5.74) is 8.35. The molecule has 1 saturated carbocycles. The minimum atomic E-state index is -0.709. The van der Waals surface area contributed by atoms with E-state index in [4.69, 9.17) is 5.73 Å². The number of anilines is 3. The topological polar surface area (TPSA) is 67.2 Å². The Bertz CT molecular complexity index is 646. The summed E-state index contributed by atoms with van der Waals surface area (Å²) < 4.78 is 0. The van der Waals surface area contributed by atoms with Gasteiger partial charge in [-0.15, -0.1) is 0 Å². The number of rotatable bonds is 4. The zero-order chi connectivity index (χ0) is 16.1. The van der Waals surface area contributed by atoms with E-state index < -0.39 is 5.54 Å². The van der Waals surface area contributed by atoms with Gasteiger partial charge in [-0.3, -0.25) is 4.79 Å². The molecule has 23 heavy (non-hydrogen) atoms. The molecule has 2 aromatic carbocycles. The number of nitrogens with two attached hydrogens (primary N) is 1. The number of hydrogen-bond acceptors (Lipinski definition) is 3. The highest BCUT2D eigenvalue weighted by atomic mass is 16.2. The van der Waals surface area contributed by atoms with Crippen LogP contribution in [-0.2, 0) is 4.79 Å². The van der Waals surface area contributed by atoms with Crippen molar-refractivity contribution in [1.29, 1.82) is 0 Å². The lowest BCUT2D eigenvalue weighted by Crippen LogP contribution is -2.52. The van der Waals surface area contributed by atoms with Gasteiger partial charge in [-0.05, 0) is 49.2 Å². The van der Waals surface area contributed by atoms with E-state index in [1.165, 1.54) is 6.42 Å². The summed E-state index contributed by atoms with van der Waals surface area (Å²) in [5.74, 6) is -0.0685.